The topological polar surface area (TPSA) is 182 Å². The van der Waals surface area contributed by atoms with E-state index in [-0.39, 0.29) is 53.3 Å². The fraction of sp³-hybridized carbons (Fsp3) is 0.512. The molecule has 1 aliphatic carbocycles. The van der Waals surface area contributed by atoms with Gasteiger partial charge in [0.05, 0.1) is 25.1 Å². The van der Waals surface area contributed by atoms with Gasteiger partial charge in [-0.25, -0.2) is 9.97 Å². The summed E-state index contributed by atoms with van der Waals surface area (Å²) in [5.41, 5.74) is 1.64. The molecule has 15 nitrogen and oxygen atoms in total. The zero-order valence-corrected chi connectivity index (χ0v) is 33.9. The number of aromatic nitrogens is 2. The Labute approximate surface area is 339 Å². The first-order chi connectivity index (χ1) is 27.8. The SMILES string of the molecule is COc1cc(OC2C(C)(C)C(NC(=O)c3ccc(N4CCC(CN5CCN(c6cnc(C(=O)NC7CCC(=O)NC7=O)cn6)CC5)CC4)cc3)C2(C)C)ccc1C#N. The van der Waals surface area contributed by atoms with Crippen LogP contribution in [-0.2, 0) is 9.59 Å². The molecule has 1 atom stereocenters. The first-order valence-electron chi connectivity index (χ1n) is 20.1. The van der Waals surface area contributed by atoms with Crippen LogP contribution in [0.5, 0.6) is 11.5 Å². The maximum Gasteiger partial charge on any atom is 0.272 e. The molecule has 306 valence electrons. The Morgan fingerprint density at radius 1 is 0.879 bits per heavy atom. The molecule has 4 fully saturated rings. The van der Waals surface area contributed by atoms with Crippen LogP contribution in [0, 0.1) is 28.1 Å². The Hall–Kier alpha value is -5.75. The third kappa shape index (κ3) is 8.43. The highest BCUT2D eigenvalue weighted by atomic mass is 16.5. The molecule has 1 aromatic heterocycles. The maximum absolute atomic E-state index is 13.5. The molecular formula is C43H53N9O6. The second kappa shape index (κ2) is 16.6. The summed E-state index contributed by atoms with van der Waals surface area (Å²) in [5, 5.41) is 17.5. The van der Waals surface area contributed by atoms with Crippen molar-refractivity contribution in [2.75, 3.05) is 62.7 Å². The molecular weight excluding hydrogens is 739 g/mol. The second-order valence-corrected chi connectivity index (χ2v) is 17.0. The number of ether oxygens (including phenoxy) is 2. The molecule has 3 saturated heterocycles. The summed E-state index contributed by atoms with van der Waals surface area (Å²) in [5.74, 6) is 0.983. The molecule has 3 N–H and O–H groups in total. The van der Waals surface area contributed by atoms with E-state index in [0.29, 0.717) is 34.4 Å². The van der Waals surface area contributed by atoms with Crippen molar-refractivity contribution in [3.05, 3.63) is 71.7 Å². The number of hydrogen-bond donors (Lipinski definition) is 3. The smallest absolute Gasteiger partial charge is 0.272 e. The van der Waals surface area contributed by atoms with E-state index in [1.807, 2.05) is 12.1 Å². The number of imide groups is 1. The molecule has 4 heterocycles. The molecule has 0 bridgehead atoms. The minimum absolute atomic E-state index is 0.103. The minimum atomic E-state index is -0.760. The van der Waals surface area contributed by atoms with Gasteiger partial charge in [-0.15, -0.1) is 0 Å². The maximum atomic E-state index is 13.5. The fourth-order valence-electron chi connectivity index (χ4n) is 9.37. The number of nitriles is 1. The third-order valence-corrected chi connectivity index (χ3v) is 12.4. The largest absolute Gasteiger partial charge is 0.495 e. The van der Waals surface area contributed by atoms with Crippen LogP contribution >= 0.6 is 0 Å². The molecule has 1 unspecified atom stereocenters. The van der Waals surface area contributed by atoms with Crippen molar-refractivity contribution < 1.29 is 28.7 Å². The van der Waals surface area contributed by atoms with Gasteiger partial charge in [0, 0.05) is 86.4 Å². The molecule has 1 saturated carbocycles. The summed E-state index contributed by atoms with van der Waals surface area (Å²) in [6, 6.07) is 14.4. The average molecular weight is 792 g/mol. The number of anilines is 2. The number of nitrogens with one attached hydrogen (secondary N) is 3. The zero-order chi connectivity index (χ0) is 41.2. The van der Waals surface area contributed by atoms with Crippen molar-refractivity contribution in [2.45, 2.75) is 71.6 Å². The number of carbonyl (C=O) groups excluding carboxylic acids is 4. The highest BCUT2D eigenvalue weighted by molar-refractivity contribution is 6.03. The van der Waals surface area contributed by atoms with E-state index in [4.69, 9.17) is 9.47 Å². The molecule has 4 amide bonds. The van der Waals surface area contributed by atoms with Gasteiger partial charge < -0.3 is 29.9 Å². The van der Waals surface area contributed by atoms with Gasteiger partial charge in [-0.1, -0.05) is 27.7 Å². The first kappa shape index (κ1) is 40.4. The number of rotatable bonds is 11. The lowest BCUT2D eigenvalue weighted by Gasteiger charge is -2.63. The van der Waals surface area contributed by atoms with Crippen molar-refractivity contribution in [1.82, 2.24) is 30.8 Å². The number of methoxy groups -OCH3 is 1. The molecule has 3 aromatic rings. The van der Waals surface area contributed by atoms with Gasteiger partial charge in [0.25, 0.3) is 11.8 Å². The quantitative estimate of drug-likeness (QED) is 0.241. The Morgan fingerprint density at radius 2 is 1.59 bits per heavy atom. The highest BCUT2D eigenvalue weighted by Gasteiger charge is 2.64. The van der Waals surface area contributed by atoms with Crippen molar-refractivity contribution in [2.24, 2.45) is 16.7 Å². The predicted octanol–water partition coefficient (Wildman–Crippen LogP) is 3.54. The van der Waals surface area contributed by atoms with E-state index >= 15 is 0 Å². The molecule has 15 heteroatoms. The van der Waals surface area contributed by atoms with Crippen molar-refractivity contribution in [3.8, 4) is 17.6 Å². The number of piperidine rings is 2. The van der Waals surface area contributed by atoms with E-state index in [1.54, 1.807) is 24.4 Å². The fourth-order valence-corrected chi connectivity index (χ4v) is 9.37. The van der Waals surface area contributed by atoms with Crippen LogP contribution in [0.15, 0.2) is 54.9 Å². The number of nitrogens with zero attached hydrogens (tertiary/aromatic N) is 6. The number of amides is 4. The van der Waals surface area contributed by atoms with Crippen LogP contribution in [0.2, 0.25) is 0 Å². The summed E-state index contributed by atoms with van der Waals surface area (Å²) in [6.07, 6.45) is 5.50. The van der Waals surface area contributed by atoms with Gasteiger partial charge in [0.15, 0.2) is 0 Å². The van der Waals surface area contributed by atoms with E-state index < -0.39 is 17.9 Å². The van der Waals surface area contributed by atoms with Gasteiger partial charge in [0.1, 0.15) is 41.2 Å². The highest BCUT2D eigenvalue weighted by Crippen LogP contribution is 2.55. The van der Waals surface area contributed by atoms with Gasteiger partial charge in [-0.3, -0.25) is 29.4 Å². The van der Waals surface area contributed by atoms with Gasteiger partial charge >= 0.3 is 0 Å². The molecule has 0 radical (unpaired) electrons. The Bertz CT molecular complexity index is 2030. The summed E-state index contributed by atoms with van der Waals surface area (Å²) in [4.78, 5) is 65.4. The lowest BCUT2D eigenvalue weighted by molar-refractivity contribution is -0.164. The van der Waals surface area contributed by atoms with E-state index in [9.17, 15) is 24.4 Å². The Kier molecular flexibility index (Phi) is 11.6. The third-order valence-electron chi connectivity index (χ3n) is 12.4. The van der Waals surface area contributed by atoms with Crippen molar-refractivity contribution in [1.29, 1.82) is 5.26 Å². The zero-order valence-electron chi connectivity index (χ0n) is 33.9. The summed E-state index contributed by atoms with van der Waals surface area (Å²) in [6.45, 7) is 14.9. The Morgan fingerprint density at radius 3 is 2.21 bits per heavy atom. The molecule has 4 aliphatic rings. The Balaban J connectivity index is 0.835. The van der Waals surface area contributed by atoms with E-state index in [0.717, 1.165) is 64.3 Å². The van der Waals surface area contributed by atoms with Crippen LogP contribution < -0.4 is 35.2 Å². The first-order valence-corrected chi connectivity index (χ1v) is 20.1. The van der Waals surface area contributed by atoms with Crippen LogP contribution in [0.3, 0.4) is 0 Å². The molecule has 58 heavy (non-hydrogen) atoms. The van der Waals surface area contributed by atoms with E-state index in [2.05, 4.69) is 86.5 Å². The number of carbonyl (C=O) groups is 4. The van der Waals surface area contributed by atoms with Crippen LogP contribution in [0.4, 0.5) is 11.5 Å². The summed E-state index contributed by atoms with van der Waals surface area (Å²) in [7, 11) is 1.53. The number of piperazine rings is 1. The van der Waals surface area contributed by atoms with Crippen LogP contribution in [-0.4, -0.2) is 110 Å². The number of benzene rings is 2. The molecule has 2 aromatic carbocycles. The van der Waals surface area contributed by atoms with Crippen LogP contribution in [0.25, 0.3) is 0 Å². The normalized spacial score (nSPS) is 23.2. The van der Waals surface area contributed by atoms with Crippen molar-refractivity contribution in [3.63, 3.8) is 0 Å². The molecule has 0 spiro atoms. The van der Waals surface area contributed by atoms with Gasteiger partial charge in [-0.05, 0) is 61.6 Å². The lowest BCUT2D eigenvalue weighted by atomic mass is 9.49. The van der Waals surface area contributed by atoms with Crippen LogP contribution in [0.1, 0.15) is 79.8 Å². The van der Waals surface area contributed by atoms with E-state index in [1.165, 1.54) is 13.3 Å². The number of hydrogen-bond acceptors (Lipinski definition) is 12. The van der Waals surface area contributed by atoms with Crippen molar-refractivity contribution >= 4 is 35.1 Å². The minimum Gasteiger partial charge on any atom is -0.495 e. The predicted molar refractivity (Wildman–Crippen MR) is 217 cm³/mol. The summed E-state index contributed by atoms with van der Waals surface area (Å²) >= 11 is 0. The lowest BCUT2D eigenvalue weighted by Crippen LogP contribution is -2.74. The van der Waals surface area contributed by atoms with Gasteiger partial charge in [-0.2, -0.15) is 5.26 Å². The standard InChI is InChI=1S/C43H53N9O6/c1-42(2)40(43(3,4)41(42)58-31-11-8-29(23-44)34(22-31)57-5)49-37(54)28-6-9-30(10-7-28)51-16-14-27(15-17-51)26-50-18-20-52(21-19-50)35-25-45-33(24-46-35)39(56)47-32-12-13-36(53)48-38(32)55/h6-11,22,24-25,27,32,40-41H,12-21,26H2,1-5H3,(H,47,56)(H,49,54)(H,48,53,55). The molecule has 7 rings (SSSR count). The second-order valence-electron chi connectivity index (χ2n) is 17.0. The monoisotopic (exact) mass is 791 g/mol. The van der Waals surface area contributed by atoms with Gasteiger partial charge in [0.2, 0.25) is 11.8 Å². The summed E-state index contributed by atoms with van der Waals surface area (Å²) < 4.78 is 11.8. The average Bonchev–Trinajstić information content (AvgIpc) is 3.23. The molecule has 3 aliphatic heterocycles.